The quantitative estimate of drug-likeness (QED) is 0.745. The van der Waals surface area contributed by atoms with Crippen LogP contribution >= 0.6 is 15.9 Å². The van der Waals surface area contributed by atoms with E-state index in [2.05, 4.69) is 15.9 Å². The van der Waals surface area contributed by atoms with E-state index in [4.69, 9.17) is 0 Å². The van der Waals surface area contributed by atoms with Gasteiger partial charge in [0.05, 0.1) is 0 Å². The summed E-state index contributed by atoms with van der Waals surface area (Å²) in [6.07, 6.45) is 1.43. The highest BCUT2D eigenvalue weighted by molar-refractivity contribution is 9.10. The van der Waals surface area contributed by atoms with Gasteiger partial charge in [0.15, 0.2) is 0 Å². The molecule has 1 aliphatic rings. The number of para-hydroxylation sites is 1. The normalized spacial score (nSPS) is 14.9. The average molecular weight is 415 g/mol. The molecule has 1 heterocycles. The maximum absolute atomic E-state index is 12.9. The molecular formula is C21H23BrN2O2. The molecule has 0 aromatic heterocycles. The van der Waals surface area contributed by atoms with E-state index < -0.39 is 0 Å². The van der Waals surface area contributed by atoms with E-state index in [1.54, 1.807) is 0 Å². The van der Waals surface area contributed by atoms with Crippen molar-refractivity contribution in [3.05, 3.63) is 64.6 Å². The van der Waals surface area contributed by atoms with Gasteiger partial charge in [0.1, 0.15) is 0 Å². The van der Waals surface area contributed by atoms with Crippen LogP contribution in [0.15, 0.2) is 59.1 Å². The fourth-order valence-corrected chi connectivity index (χ4v) is 3.66. The summed E-state index contributed by atoms with van der Waals surface area (Å²) in [7, 11) is 0. The number of piperidine rings is 1. The van der Waals surface area contributed by atoms with Gasteiger partial charge >= 0.3 is 0 Å². The van der Waals surface area contributed by atoms with Crippen LogP contribution in [-0.2, 0) is 4.79 Å². The molecule has 136 valence electrons. The van der Waals surface area contributed by atoms with E-state index >= 15 is 0 Å². The van der Waals surface area contributed by atoms with Gasteiger partial charge in [-0.2, -0.15) is 0 Å². The van der Waals surface area contributed by atoms with Crippen LogP contribution in [0.2, 0.25) is 0 Å². The largest absolute Gasteiger partial charge is 0.339 e. The number of anilines is 1. The zero-order valence-corrected chi connectivity index (χ0v) is 16.5. The van der Waals surface area contributed by atoms with Gasteiger partial charge in [0.25, 0.3) is 5.91 Å². The first-order valence-electron chi connectivity index (χ1n) is 9.01. The zero-order valence-electron chi connectivity index (χ0n) is 14.9. The Balaban J connectivity index is 1.61. The van der Waals surface area contributed by atoms with Crippen molar-refractivity contribution in [3.63, 3.8) is 0 Å². The fraction of sp³-hybridized carbons (Fsp3) is 0.333. The molecule has 0 atom stereocenters. The number of carbonyl (C=O) groups is 2. The predicted octanol–water partition coefficient (Wildman–Crippen LogP) is 4.35. The molecule has 0 aliphatic carbocycles. The smallest absolute Gasteiger partial charge is 0.253 e. The van der Waals surface area contributed by atoms with E-state index in [-0.39, 0.29) is 17.7 Å². The molecular weight excluding hydrogens is 392 g/mol. The topological polar surface area (TPSA) is 40.6 Å². The molecule has 4 nitrogen and oxygen atoms in total. The average Bonchev–Trinajstić information content (AvgIpc) is 2.69. The fourth-order valence-electron chi connectivity index (χ4n) is 3.40. The summed E-state index contributed by atoms with van der Waals surface area (Å²) in [6, 6.07) is 17.2. The number of rotatable bonds is 4. The maximum atomic E-state index is 12.9. The van der Waals surface area contributed by atoms with E-state index in [1.807, 2.05) is 71.3 Å². The number of benzene rings is 2. The van der Waals surface area contributed by atoms with E-state index in [9.17, 15) is 9.59 Å². The first kappa shape index (κ1) is 18.6. The number of nitrogens with zero attached hydrogens (tertiary/aromatic N) is 2. The maximum Gasteiger partial charge on any atom is 0.253 e. The molecule has 2 aromatic carbocycles. The SMILES string of the molecule is CCN(C(=O)C1CCN(C(=O)c2ccc(Br)cc2)CC1)c1ccccc1. The third kappa shape index (κ3) is 4.15. The Hall–Kier alpha value is -2.14. The lowest BCUT2D eigenvalue weighted by molar-refractivity contribution is -0.123. The highest BCUT2D eigenvalue weighted by Crippen LogP contribution is 2.24. The standard InChI is InChI=1S/C21H23BrN2O2/c1-2-24(19-6-4-3-5-7-19)21(26)17-12-14-23(15-13-17)20(25)16-8-10-18(22)11-9-16/h3-11,17H,2,12-15H2,1H3. The van der Waals surface area contributed by atoms with Gasteiger partial charge in [-0.25, -0.2) is 0 Å². The Labute approximate surface area is 162 Å². The minimum absolute atomic E-state index is 0.0240. The summed E-state index contributed by atoms with van der Waals surface area (Å²) in [4.78, 5) is 29.2. The Morgan fingerprint density at radius 1 is 1.04 bits per heavy atom. The van der Waals surface area contributed by atoms with Crippen LogP contribution in [0, 0.1) is 5.92 Å². The van der Waals surface area contributed by atoms with Crippen LogP contribution in [0.1, 0.15) is 30.1 Å². The number of halogens is 1. The molecule has 0 spiro atoms. The highest BCUT2D eigenvalue weighted by atomic mass is 79.9. The van der Waals surface area contributed by atoms with Crippen LogP contribution in [0.5, 0.6) is 0 Å². The first-order valence-corrected chi connectivity index (χ1v) is 9.80. The molecule has 1 aliphatic heterocycles. The van der Waals surface area contributed by atoms with Crippen molar-refractivity contribution in [3.8, 4) is 0 Å². The molecule has 2 amide bonds. The van der Waals surface area contributed by atoms with Gasteiger partial charge in [-0.1, -0.05) is 34.1 Å². The lowest BCUT2D eigenvalue weighted by Gasteiger charge is -2.34. The van der Waals surface area contributed by atoms with Crippen molar-refractivity contribution in [1.29, 1.82) is 0 Å². The number of likely N-dealkylation sites (tertiary alicyclic amines) is 1. The van der Waals surface area contributed by atoms with Crippen molar-refractivity contribution in [1.82, 2.24) is 4.90 Å². The van der Waals surface area contributed by atoms with Crippen LogP contribution in [-0.4, -0.2) is 36.3 Å². The number of hydrogen-bond acceptors (Lipinski definition) is 2. The first-order chi connectivity index (χ1) is 12.6. The van der Waals surface area contributed by atoms with Crippen LogP contribution in [0.25, 0.3) is 0 Å². The van der Waals surface area contributed by atoms with Gasteiger partial charge < -0.3 is 9.80 Å². The third-order valence-electron chi connectivity index (χ3n) is 4.87. The van der Waals surface area contributed by atoms with Gasteiger partial charge in [0.2, 0.25) is 5.91 Å². The zero-order chi connectivity index (χ0) is 18.5. The second kappa shape index (κ2) is 8.49. The molecule has 0 radical (unpaired) electrons. The molecule has 1 saturated heterocycles. The van der Waals surface area contributed by atoms with Crippen molar-refractivity contribution in [2.24, 2.45) is 5.92 Å². The molecule has 0 bridgehead atoms. The van der Waals surface area contributed by atoms with E-state index in [0.717, 1.165) is 10.2 Å². The second-order valence-electron chi connectivity index (χ2n) is 6.49. The highest BCUT2D eigenvalue weighted by Gasteiger charge is 2.30. The third-order valence-corrected chi connectivity index (χ3v) is 5.40. The lowest BCUT2D eigenvalue weighted by Crippen LogP contribution is -2.44. The van der Waals surface area contributed by atoms with Gasteiger partial charge in [-0.3, -0.25) is 9.59 Å². The van der Waals surface area contributed by atoms with Crippen LogP contribution in [0.3, 0.4) is 0 Å². The Morgan fingerprint density at radius 3 is 2.23 bits per heavy atom. The molecule has 0 unspecified atom stereocenters. The Bertz CT molecular complexity index is 753. The lowest BCUT2D eigenvalue weighted by atomic mass is 9.94. The Kier molecular flexibility index (Phi) is 6.09. The number of hydrogen-bond donors (Lipinski definition) is 0. The van der Waals surface area contributed by atoms with Crippen molar-refractivity contribution in [2.75, 3.05) is 24.5 Å². The monoisotopic (exact) mass is 414 g/mol. The minimum Gasteiger partial charge on any atom is -0.339 e. The van der Waals surface area contributed by atoms with Crippen molar-refractivity contribution < 1.29 is 9.59 Å². The molecule has 3 rings (SSSR count). The summed E-state index contributed by atoms with van der Waals surface area (Å²) in [6.45, 7) is 3.90. The number of carbonyl (C=O) groups excluding carboxylic acids is 2. The van der Waals surface area contributed by atoms with Gasteiger partial charge in [-0.05, 0) is 56.2 Å². The Morgan fingerprint density at radius 2 is 1.65 bits per heavy atom. The summed E-state index contributed by atoms with van der Waals surface area (Å²) in [5, 5.41) is 0. The van der Waals surface area contributed by atoms with Crippen LogP contribution in [0.4, 0.5) is 5.69 Å². The van der Waals surface area contributed by atoms with Gasteiger partial charge in [-0.15, -0.1) is 0 Å². The van der Waals surface area contributed by atoms with Gasteiger partial charge in [0, 0.05) is 41.3 Å². The van der Waals surface area contributed by atoms with Crippen LogP contribution < -0.4 is 4.90 Å². The molecule has 26 heavy (non-hydrogen) atoms. The minimum atomic E-state index is -0.0240. The molecule has 2 aromatic rings. The summed E-state index contributed by atoms with van der Waals surface area (Å²) in [5.41, 5.74) is 1.63. The summed E-state index contributed by atoms with van der Waals surface area (Å²) < 4.78 is 0.957. The molecule has 1 fully saturated rings. The molecule has 5 heteroatoms. The summed E-state index contributed by atoms with van der Waals surface area (Å²) in [5.74, 6) is 0.178. The molecule has 0 saturated carbocycles. The van der Waals surface area contributed by atoms with E-state index in [1.165, 1.54) is 0 Å². The molecule has 0 N–H and O–H groups in total. The van der Waals surface area contributed by atoms with E-state index in [0.29, 0.717) is 38.0 Å². The summed E-state index contributed by atoms with van der Waals surface area (Å²) >= 11 is 3.39. The number of amides is 2. The van der Waals surface area contributed by atoms with Crippen molar-refractivity contribution in [2.45, 2.75) is 19.8 Å². The second-order valence-corrected chi connectivity index (χ2v) is 7.41. The predicted molar refractivity (Wildman–Crippen MR) is 107 cm³/mol. The van der Waals surface area contributed by atoms with Crippen molar-refractivity contribution >= 4 is 33.4 Å².